The molecule has 4 fully saturated rings. The number of nitrogens with zero attached hydrogens (tertiary/aromatic N) is 1. The van der Waals surface area contributed by atoms with Crippen molar-refractivity contribution in [1.29, 1.82) is 0 Å². The first kappa shape index (κ1) is 30.3. The Hall–Kier alpha value is -4.37. The average molecular weight is 638 g/mol. The molecule has 8 rings (SSSR count). The lowest BCUT2D eigenvalue weighted by Gasteiger charge is -2.57. The number of sulfonamides is 1. The second-order valence-corrected chi connectivity index (χ2v) is 14.8. The zero-order valence-corrected chi connectivity index (χ0v) is 26.8. The van der Waals surface area contributed by atoms with Gasteiger partial charge in [-0.15, -0.1) is 0 Å². The van der Waals surface area contributed by atoms with E-state index in [-0.39, 0.29) is 17.4 Å². The molecule has 4 aliphatic rings. The monoisotopic (exact) mass is 637 g/mol. The van der Waals surface area contributed by atoms with Gasteiger partial charge in [0.15, 0.2) is 18.1 Å². The van der Waals surface area contributed by atoms with Gasteiger partial charge < -0.3 is 14.8 Å². The number of benzene rings is 4. The first-order chi connectivity index (χ1) is 22.3. The van der Waals surface area contributed by atoms with Crippen LogP contribution in [0.4, 0.5) is 5.69 Å². The van der Waals surface area contributed by atoms with Crippen LogP contribution < -0.4 is 19.6 Å². The number of ether oxygens (including phenoxy) is 2. The van der Waals surface area contributed by atoms with Crippen molar-refractivity contribution < 1.29 is 22.7 Å². The highest BCUT2D eigenvalue weighted by molar-refractivity contribution is 7.89. The maximum Gasteiger partial charge on any atom is 0.276 e. The normalized spacial score (nSPS) is 23.5. The van der Waals surface area contributed by atoms with Crippen LogP contribution in [0, 0.1) is 17.8 Å². The fraction of sp³-hybridized carbons (Fsp3) is 0.351. The summed E-state index contributed by atoms with van der Waals surface area (Å²) < 4.78 is 37.2. The molecule has 2 N–H and O–H groups in total. The third-order valence-electron chi connectivity index (χ3n) is 9.86. The van der Waals surface area contributed by atoms with Crippen LogP contribution in [0.25, 0.3) is 10.8 Å². The Labute approximate surface area is 270 Å². The van der Waals surface area contributed by atoms with E-state index in [1.807, 2.05) is 43.3 Å². The molecule has 0 aliphatic heterocycles. The van der Waals surface area contributed by atoms with Crippen LogP contribution in [-0.4, -0.2) is 33.8 Å². The lowest BCUT2D eigenvalue weighted by Crippen LogP contribution is -2.48. The van der Waals surface area contributed by atoms with E-state index in [0.717, 1.165) is 34.2 Å². The predicted molar refractivity (Wildman–Crippen MR) is 180 cm³/mol. The van der Waals surface area contributed by atoms with Gasteiger partial charge in [0.1, 0.15) is 0 Å². The Kier molecular flexibility index (Phi) is 8.19. The van der Waals surface area contributed by atoms with E-state index in [1.54, 1.807) is 36.4 Å². The highest BCUT2D eigenvalue weighted by Gasteiger charge is 2.51. The summed E-state index contributed by atoms with van der Waals surface area (Å²) >= 11 is 0. The Bertz CT molecular complexity index is 1850. The molecule has 0 heterocycles. The number of hydrazone groups is 1. The maximum atomic E-state index is 12.8. The molecule has 4 aliphatic carbocycles. The molecule has 8 nitrogen and oxygen atoms in total. The predicted octanol–water partition coefficient (Wildman–Crippen LogP) is 7.04. The van der Waals surface area contributed by atoms with Gasteiger partial charge in [0.2, 0.25) is 0 Å². The minimum absolute atomic E-state index is 0.124. The molecule has 4 bridgehead atoms. The van der Waals surface area contributed by atoms with Crippen molar-refractivity contribution >= 4 is 38.6 Å². The standard InChI is InChI=1S/C37H39N3O5S/c1-2-44-35-18-25(23-38-40-46(42,43)33-13-8-29-5-3-4-6-30(29)19-33)7-14-34(35)45-24-36(41)39-32-11-9-31(10-12-32)37-20-26-15-27(21-37)17-28(16-26)22-37/h3-14,18-19,23,26-28,40H,2,15-17,20-22,24H2,1H3,(H,39,41)/b38-23+. The zero-order chi connectivity index (χ0) is 31.7. The van der Waals surface area contributed by atoms with Crippen LogP contribution in [0.15, 0.2) is 94.9 Å². The summed E-state index contributed by atoms with van der Waals surface area (Å²) in [4.78, 5) is 15.2. The first-order valence-electron chi connectivity index (χ1n) is 16.1. The number of carbonyl (C=O) groups is 1. The number of fused-ring (bicyclic) bond motifs is 1. The third kappa shape index (κ3) is 6.33. The largest absolute Gasteiger partial charge is 0.490 e. The zero-order valence-electron chi connectivity index (χ0n) is 25.9. The van der Waals surface area contributed by atoms with Crippen molar-refractivity contribution in [2.24, 2.45) is 22.9 Å². The minimum Gasteiger partial charge on any atom is -0.490 e. The maximum absolute atomic E-state index is 12.8. The smallest absolute Gasteiger partial charge is 0.276 e. The van der Waals surface area contributed by atoms with Crippen LogP contribution in [0.2, 0.25) is 0 Å². The Morgan fingerprint density at radius 2 is 1.54 bits per heavy atom. The molecule has 0 radical (unpaired) electrons. The second-order valence-electron chi connectivity index (χ2n) is 13.1. The Balaban J connectivity index is 0.951. The summed E-state index contributed by atoms with van der Waals surface area (Å²) in [6.45, 7) is 2.05. The van der Waals surface area contributed by atoms with Crippen LogP contribution >= 0.6 is 0 Å². The van der Waals surface area contributed by atoms with Crippen molar-refractivity contribution in [2.45, 2.75) is 55.8 Å². The number of anilines is 1. The first-order valence-corrected chi connectivity index (χ1v) is 17.6. The van der Waals surface area contributed by atoms with Crippen LogP contribution in [-0.2, 0) is 20.2 Å². The molecular weight excluding hydrogens is 598 g/mol. The highest BCUT2D eigenvalue weighted by atomic mass is 32.2. The molecule has 0 unspecified atom stereocenters. The van der Waals surface area contributed by atoms with Crippen molar-refractivity contribution in [1.82, 2.24) is 4.83 Å². The van der Waals surface area contributed by atoms with Crippen LogP contribution in [0.1, 0.15) is 56.6 Å². The van der Waals surface area contributed by atoms with Gasteiger partial charge >= 0.3 is 0 Å². The highest BCUT2D eigenvalue weighted by Crippen LogP contribution is 2.60. The van der Waals surface area contributed by atoms with Crippen molar-refractivity contribution in [3.05, 3.63) is 96.1 Å². The van der Waals surface area contributed by atoms with Crippen molar-refractivity contribution in [2.75, 3.05) is 18.5 Å². The molecule has 46 heavy (non-hydrogen) atoms. The van der Waals surface area contributed by atoms with E-state index in [4.69, 9.17) is 9.47 Å². The van der Waals surface area contributed by atoms with Gasteiger partial charge in [0.05, 0.1) is 17.7 Å². The molecule has 0 atom stereocenters. The molecule has 238 valence electrons. The topological polar surface area (TPSA) is 106 Å². The van der Waals surface area contributed by atoms with Crippen molar-refractivity contribution in [3.63, 3.8) is 0 Å². The molecule has 4 saturated carbocycles. The van der Waals surface area contributed by atoms with Crippen molar-refractivity contribution in [3.8, 4) is 11.5 Å². The van der Waals surface area contributed by atoms with Gasteiger partial charge in [-0.1, -0.05) is 42.5 Å². The van der Waals surface area contributed by atoms with Gasteiger partial charge in [-0.25, -0.2) is 4.83 Å². The van der Waals surface area contributed by atoms with Crippen LogP contribution in [0.3, 0.4) is 0 Å². The third-order valence-corrected chi connectivity index (χ3v) is 11.1. The SMILES string of the molecule is CCOc1cc(/C=N/NS(=O)(=O)c2ccc3ccccc3c2)ccc1OCC(=O)Nc1ccc(C23CC4CC(CC(C4)C2)C3)cc1. The molecule has 1 amide bonds. The number of rotatable bonds is 11. The Morgan fingerprint density at radius 1 is 0.848 bits per heavy atom. The lowest BCUT2D eigenvalue weighted by atomic mass is 9.48. The quantitative estimate of drug-likeness (QED) is 0.136. The summed E-state index contributed by atoms with van der Waals surface area (Å²) in [6.07, 6.45) is 9.59. The van der Waals surface area contributed by atoms with E-state index in [2.05, 4.69) is 27.4 Å². The van der Waals surface area contributed by atoms with E-state index >= 15 is 0 Å². The van der Waals surface area contributed by atoms with E-state index in [0.29, 0.717) is 29.1 Å². The van der Waals surface area contributed by atoms with Gasteiger partial charge in [-0.05, 0) is 133 Å². The number of hydrogen-bond donors (Lipinski definition) is 2. The molecule has 4 aromatic carbocycles. The minimum atomic E-state index is -3.86. The number of nitrogens with one attached hydrogen (secondary N) is 2. The molecule has 9 heteroatoms. The number of amides is 1. The van der Waals surface area contributed by atoms with Gasteiger partial charge in [0.25, 0.3) is 15.9 Å². The van der Waals surface area contributed by atoms with Gasteiger partial charge in [0, 0.05) is 5.69 Å². The van der Waals surface area contributed by atoms with Gasteiger partial charge in [-0.2, -0.15) is 13.5 Å². The molecule has 4 aromatic rings. The molecule has 0 saturated heterocycles. The number of carbonyl (C=O) groups excluding carboxylic acids is 1. The van der Waals surface area contributed by atoms with Crippen LogP contribution in [0.5, 0.6) is 11.5 Å². The van der Waals surface area contributed by atoms with Gasteiger partial charge in [-0.3, -0.25) is 4.79 Å². The average Bonchev–Trinajstić information content (AvgIpc) is 3.04. The van der Waals surface area contributed by atoms with E-state index < -0.39 is 10.0 Å². The van der Waals surface area contributed by atoms with E-state index in [9.17, 15) is 13.2 Å². The fourth-order valence-corrected chi connectivity index (χ4v) is 9.09. The molecular formula is C37H39N3O5S. The number of hydrogen-bond acceptors (Lipinski definition) is 6. The van der Waals surface area contributed by atoms with E-state index in [1.165, 1.54) is 50.3 Å². The molecule has 0 aromatic heterocycles. The summed E-state index contributed by atoms with van der Waals surface area (Å²) in [7, 11) is -3.86. The Morgan fingerprint density at radius 3 is 2.24 bits per heavy atom. The summed E-state index contributed by atoms with van der Waals surface area (Å²) in [5, 5.41) is 8.68. The molecule has 0 spiro atoms. The summed E-state index contributed by atoms with van der Waals surface area (Å²) in [5.74, 6) is 3.23. The lowest BCUT2D eigenvalue weighted by molar-refractivity contribution is -0.118. The fourth-order valence-electron chi connectivity index (χ4n) is 8.26. The summed E-state index contributed by atoms with van der Waals surface area (Å²) in [6, 6.07) is 26.0. The summed E-state index contributed by atoms with van der Waals surface area (Å²) in [5.41, 5.74) is 3.10. The second kappa shape index (κ2) is 12.4.